The molecule has 1 aromatic rings. The number of Topliss-reactive ketones (excluding diaryl/α,β-unsaturated/α-hetero) is 1. The van der Waals surface area contributed by atoms with E-state index in [-0.39, 0.29) is 5.78 Å². The summed E-state index contributed by atoms with van der Waals surface area (Å²) in [6.07, 6.45) is 1.34. The van der Waals surface area contributed by atoms with Crippen LogP contribution in [-0.4, -0.2) is 19.4 Å². The zero-order valence-electron chi connectivity index (χ0n) is 10.5. The quantitative estimate of drug-likeness (QED) is 0.789. The number of hydrogen-bond acceptors (Lipinski definition) is 2. The molecule has 1 saturated carbocycles. The van der Waals surface area contributed by atoms with Crippen LogP contribution in [0.3, 0.4) is 0 Å². The lowest BCUT2D eigenvalue weighted by Crippen LogP contribution is -2.20. The molecule has 2 nitrogen and oxygen atoms in total. The third-order valence-electron chi connectivity index (χ3n) is 3.56. The van der Waals surface area contributed by atoms with Gasteiger partial charge in [0.25, 0.3) is 0 Å². The van der Waals surface area contributed by atoms with E-state index in [4.69, 9.17) is 0 Å². The van der Waals surface area contributed by atoms with Crippen LogP contribution < -0.4 is 4.90 Å². The van der Waals surface area contributed by atoms with E-state index >= 15 is 0 Å². The van der Waals surface area contributed by atoms with Gasteiger partial charge in [0, 0.05) is 29.3 Å². The fraction of sp³-hybridized carbons (Fsp3) is 0.500. The Bertz CT molecular complexity index is 444. The summed E-state index contributed by atoms with van der Waals surface area (Å²) in [5.41, 5.74) is 1.92. The summed E-state index contributed by atoms with van der Waals surface area (Å²) in [7, 11) is 2.11. The van der Waals surface area contributed by atoms with Gasteiger partial charge < -0.3 is 4.90 Å². The third kappa shape index (κ3) is 2.89. The van der Waals surface area contributed by atoms with Gasteiger partial charge in [-0.05, 0) is 59.3 Å². The molecule has 0 saturated heterocycles. The number of nitrogens with zero attached hydrogens (tertiary/aromatic N) is 1. The van der Waals surface area contributed by atoms with Gasteiger partial charge >= 0.3 is 0 Å². The van der Waals surface area contributed by atoms with Crippen molar-refractivity contribution in [1.82, 2.24) is 0 Å². The second-order valence-electron chi connectivity index (χ2n) is 5.07. The van der Waals surface area contributed by atoms with Crippen molar-refractivity contribution in [2.45, 2.75) is 20.3 Å². The maximum Gasteiger partial charge on any atom is 0.160 e. The minimum atomic E-state index is 0.0990. The first kappa shape index (κ1) is 12.6. The van der Waals surface area contributed by atoms with Gasteiger partial charge in [-0.25, -0.2) is 0 Å². The predicted octanol–water partition coefficient (Wildman–Crippen LogP) is 3.74. The molecule has 1 fully saturated rings. The second kappa shape index (κ2) is 4.81. The molecule has 2 rings (SSSR count). The fourth-order valence-electron chi connectivity index (χ4n) is 2.14. The van der Waals surface area contributed by atoms with Crippen molar-refractivity contribution >= 4 is 27.4 Å². The molecule has 0 amide bonds. The van der Waals surface area contributed by atoms with Gasteiger partial charge in [0.1, 0.15) is 0 Å². The number of rotatable bonds is 4. The molecule has 92 valence electrons. The number of benzene rings is 1. The highest BCUT2D eigenvalue weighted by atomic mass is 79.9. The molecular weight excluding hydrogens is 278 g/mol. The molecule has 0 N–H and O–H groups in total. The summed E-state index contributed by atoms with van der Waals surface area (Å²) in [6, 6.07) is 5.95. The van der Waals surface area contributed by atoms with Crippen molar-refractivity contribution in [3.8, 4) is 0 Å². The Balaban J connectivity index is 2.10. The Labute approximate surface area is 111 Å². The first-order chi connectivity index (χ1) is 7.99. The van der Waals surface area contributed by atoms with Crippen molar-refractivity contribution in [2.24, 2.45) is 11.8 Å². The van der Waals surface area contributed by atoms with E-state index in [1.165, 1.54) is 12.1 Å². The lowest BCUT2D eigenvalue weighted by molar-refractivity contribution is 0.101. The first-order valence-electron chi connectivity index (χ1n) is 6.00. The molecule has 0 bridgehead atoms. The molecule has 0 aromatic heterocycles. The molecule has 0 heterocycles. The fourth-order valence-corrected chi connectivity index (χ4v) is 2.78. The van der Waals surface area contributed by atoms with Crippen LogP contribution in [0, 0.1) is 11.8 Å². The molecule has 1 aromatic carbocycles. The number of hydrogen-bond donors (Lipinski definition) is 0. The van der Waals surface area contributed by atoms with Gasteiger partial charge in [0.2, 0.25) is 0 Å². The number of halogens is 1. The van der Waals surface area contributed by atoms with Crippen LogP contribution in [0.15, 0.2) is 22.7 Å². The van der Waals surface area contributed by atoms with Crippen molar-refractivity contribution in [3.05, 3.63) is 28.2 Å². The highest BCUT2D eigenvalue weighted by Gasteiger charge is 2.33. The van der Waals surface area contributed by atoms with Crippen LogP contribution in [0.2, 0.25) is 0 Å². The molecular formula is C14H18BrNO. The molecule has 0 aliphatic heterocycles. The topological polar surface area (TPSA) is 20.3 Å². The largest absolute Gasteiger partial charge is 0.374 e. The van der Waals surface area contributed by atoms with Gasteiger partial charge in [-0.3, -0.25) is 4.79 Å². The normalized spacial score (nSPS) is 22.4. The van der Waals surface area contributed by atoms with Crippen LogP contribution >= 0.6 is 15.9 Å². The van der Waals surface area contributed by atoms with E-state index in [0.29, 0.717) is 0 Å². The van der Waals surface area contributed by atoms with Gasteiger partial charge in [0.15, 0.2) is 5.78 Å². The minimum Gasteiger partial charge on any atom is -0.374 e. The molecule has 0 spiro atoms. The maximum atomic E-state index is 11.3. The van der Waals surface area contributed by atoms with Crippen LogP contribution in [0.25, 0.3) is 0 Å². The smallest absolute Gasteiger partial charge is 0.160 e. The van der Waals surface area contributed by atoms with Gasteiger partial charge in [0.05, 0.1) is 0 Å². The monoisotopic (exact) mass is 295 g/mol. The summed E-state index contributed by atoms with van der Waals surface area (Å²) >= 11 is 3.46. The Morgan fingerprint density at radius 1 is 1.53 bits per heavy atom. The number of carbonyl (C=O) groups excluding carboxylic acids is 1. The Hall–Kier alpha value is -0.830. The van der Waals surface area contributed by atoms with Crippen LogP contribution in [0.4, 0.5) is 5.69 Å². The van der Waals surface area contributed by atoms with E-state index in [2.05, 4.69) is 34.8 Å². The standard InChI is InChI=1S/C14H18BrNO/c1-9-6-11(9)8-16(3)12-4-5-13(10(2)17)14(15)7-12/h4-5,7,9,11H,6,8H2,1-3H3. The number of carbonyl (C=O) groups is 1. The summed E-state index contributed by atoms with van der Waals surface area (Å²) < 4.78 is 0.887. The highest BCUT2D eigenvalue weighted by Crippen LogP contribution is 2.39. The van der Waals surface area contributed by atoms with E-state index < -0.39 is 0 Å². The van der Waals surface area contributed by atoms with Crippen molar-refractivity contribution < 1.29 is 4.79 Å². The summed E-state index contributed by atoms with van der Waals surface area (Å²) in [5, 5.41) is 0. The third-order valence-corrected chi connectivity index (χ3v) is 4.21. The highest BCUT2D eigenvalue weighted by molar-refractivity contribution is 9.10. The Kier molecular flexibility index (Phi) is 3.57. The molecule has 3 heteroatoms. The predicted molar refractivity (Wildman–Crippen MR) is 74.7 cm³/mol. The number of ketones is 1. The molecule has 1 aliphatic rings. The zero-order valence-corrected chi connectivity index (χ0v) is 12.1. The Morgan fingerprint density at radius 2 is 2.18 bits per heavy atom. The van der Waals surface area contributed by atoms with Crippen LogP contribution in [0.1, 0.15) is 30.6 Å². The molecule has 17 heavy (non-hydrogen) atoms. The minimum absolute atomic E-state index is 0.0990. The lowest BCUT2D eigenvalue weighted by atomic mass is 10.1. The summed E-state index contributed by atoms with van der Waals surface area (Å²) in [5.74, 6) is 1.81. The van der Waals surface area contributed by atoms with Crippen LogP contribution in [0.5, 0.6) is 0 Å². The second-order valence-corrected chi connectivity index (χ2v) is 5.93. The molecule has 2 unspecified atom stereocenters. The van der Waals surface area contributed by atoms with Gasteiger partial charge in [-0.2, -0.15) is 0 Å². The van der Waals surface area contributed by atoms with Gasteiger partial charge in [-0.1, -0.05) is 6.92 Å². The average molecular weight is 296 g/mol. The molecule has 1 aliphatic carbocycles. The zero-order chi connectivity index (χ0) is 12.6. The lowest BCUT2D eigenvalue weighted by Gasteiger charge is -2.20. The average Bonchev–Trinajstić information content (AvgIpc) is 2.93. The van der Waals surface area contributed by atoms with E-state index in [1.807, 2.05) is 18.2 Å². The number of anilines is 1. The van der Waals surface area contributed by atoms with Crippen molar-refractivity contribution in [3.63, 3.8) is 0 Å². The van der Waals surface area contributed by atoms with Crippen LogP contribution in [-0.2, 0) is 0 Å². The SMILES string of the molecule is CC(=O)c1ccc(N(C)CC2CC2C)cc1Br. The van der Waals surface area contributed by atoms with Crippen molar-refractivity contribution in [2.75, 3.05) is 18.5 Å². The maximum absolute atomic E-state index is 11.3. The van der Waals surface area contributed by atoms with Crippen molar-refractivity contribution in [1.29, 1.82) is 0 Å². The van der Waals surface area contributed by atoms with E-state index in [9.17, 15) is 4.79 Å². The van der Waals surface area contributed by atoms with E-state index in [1.54, 1.807) is 6.92 Å². The Morgan fingerprint density at radius 3 is 2.65 bits per heavy atom. The summed E-state index contributed by atoms with van der Waals surface area (Å²) in [4.78, 5) is 13.6. The molecule has 0 radical (unpaired) electrons. The summed E-state index contributed by atoms with van der Waals surface area (Å²) in [6.45, 7) is 5.00. The first-order valence-corrected chi connectivity index (χ1v) is 6.80. The van der Waals surface area contributed by atoms with E-state index in [0.717, 1.165) is 28.4 Å². The molecule has 2 atom stereocenters. The van der Waals surface area contributed by atoms with Gasteiger partial charge in [-0.15, -0.1) is 0 Å².